The van der Waals surface area contributed by atoms with Gasteiger partial charge < -0.3 is 33.3 Å². The van der Waals surface area contributed by atoms with E-state index in [1.54, 1.807) is 6.07 Å². The highest BCUT2D eigenvalue weighted by molar-refractivity contribution is 5.68. The van der Waals surface area contributed by atoms with Crippen molar-refractivity contribution >= 4 is 29.7 Å². The van der Waals surface area contributed by atoms with Gasteiger partial charge in [0.1, 0.15) is 18.5 Å². The van der Waals surface area contributed by atoms with E-state index in [-0.39, 0.29) is 0 Å². The summed E-state index contributed by atoms with van der Waals surface area (Å²) in [5.41, 5.74) is -0.736. The van der Waals surface area contributed by atoms with Crippen molar-refractivity contribution in [3.8, 4) is 0 Å². The maximum Gasteiger partial charge on any atom is 0.351 e. The monoisotopic (exact) mass is 511 g/mol. The Morgan fingerprint density at radius 1 is 0.917 bits per heavy atom. The molecular weight excluding hydrogens is 482 g/mol. The van der Waals surface area contributed by atoms with E-state index >= 15 is 0 Å². The van der Waals surface area contributed by atoms with Gasteiger partial charge in [-0.05, 0) is 6.07 Å². The van der Waals surface area contributed by atoms with Crippen LogP contribution in [0.3, 0.4) is 0 Å². The normalized spacial score (nSPS) is 26.0. The second-order valence-electron chi connectivity index (χ2n) is 8.16. The SMILES string of the molecule is CC(=O)OC[C@H]1O[C@@H](n2ccc(N3CCOCC3)nc2=O)[C@H](OC(C)=O)[C@@H](OC(C)=O)[C@@H]1OC(C)=O. The quantitative estimate of drug-likeness (QED) is 0.335. The molecule has 3 heterocycles. The highest BCUT2D eigenvalue weighted by Gasteiger charge is 2.53. The second-order valence-corrected chi connectivity index (χ2v) is 8.16. The van der Waals surface area contributed by atoms with Gasteiger partial charge in [0.05, 0.1) is 13.2 Å². The van der Waals surface area contributed by atoms with Gasteiger partial charge in [0.2, 0.25) is 0 Å². The van der Waals surface area contributed by atoms with E-state index in [1.165, 1.54) is 13.1 Å². The van der Waals surface area contributed by atoms with Crippen LogP contribution in [0.15, 0.2) is 17.1 Å². The molecule has 1 aromatic heterocycles. The predicted molar refractivity (Wildman–Crippen MR) is 119 cm³/mol. The van der Waals surface area contributed by atoms with Crippen molar-refractivity contribution in [3.63, 3.8) is 0 Å². The number of hydrogen-bond acceptors (Lipinski definition) is 13. The Morgan fingerprint density at radius 3 is 2.06 bits per heavy atom. The summed E-state index contributed by atoms with van der Waals surface area (Å²) in [6.45, 7) is 6.22. The van der Waals surface area contributed by atoms with E-state index in [0.29, 0.717) is 32.1 Å². The van der Waals surface area contributed by atoms with Crippen LogP contribution in [0.4, 0.5) is 5.82 Å². The van der Waals surface area contributed by atoms with Gasteiger partial charge in [-0.2, -0.15) is 4.98 Å². The molecule has 198 valence electrons. The number of rotatable bonds is 7. The molecule has 14 nitrogen and oxygen atoms in total. The second kappa shape index (κ2) is 11.9. The van der Waals surface area contributed by atoms with Gasteiger partial charge in [-0.25, -0.2) is 4.79 Å². The fourth-order valence-corrected chi connectivity index (χ4v) is 4.00. The highest BCUT2D eigenvalue weighted by Crippen LogP contribution is 2.34. The van der Waals surface area contributed by atoms with Crippen LogP contribution < -0.4 is 10.6 Å². The maximum atomic E-state index is 13.1. The predicted octanol–water partition coefficient (Wildman–Crippen LogP) is -0.664. The summed E-state index contributed by atoms with van der Waals surface area (Å²) < 4.78 is 33.6. The molecule has 14 heteroatoms. The third kappa shape index (κ3) is 6.79. The van der Waals surface area contributed by atoms with Crippen LogP contribution in [0.2, 0.25) is 0 Å². The van der Waals surface area contributed by atoms with Gasteiger partial charge >= 0.3 is 29.6 Å². The van der Waals surface area contributed by atoms with E-state index in [1.807, 2.05) is 4.90 Å². The lowest BCUT2D eigenvalue weighted by molar-refractivity contribution is -0.269. The molecule has 3 rings (SSSR count). The van der Waals surface area contributed by atoms with Crippen molar-refractivity contribution in [1.82, 2.24) is 9.55 Å². The topological polar surface area (TPSA) is 162 Å². The Hall–Kier alpha value is -3.52. The zero-order valence-corrected chi connectivity index (χ0v) is 20.4. The fourth-order valence-electron chi connectivity index (χ4n) is 4.00. The zero-order chi connectivity index (χ0) is 26.4. The molecule has 0 N–H and O–H groups in total. The molecule has 2 aliphatic rings. The van der Waals surface area contributed by atoms with Crippen LogP contribution in [0.5, 0.6) is 0 Å². The summed E-state index contributed by atoms with van der Waals surface area (Å²) in [5, 5.41) is 0. The Balaban J connectivity index is 2.04. The minimum atomic E-state index is -1.40. The first kappa shape index (κ1) is 27.1. The lowest BCUT2D eigenvalue weighted by atomic mass is 9.97. The van der Waals surface area contributed by atoms with Crippen LogP contribution in [-0.4, -0.2) is 90.8 Å². The number of esters is 4. The average molecular weight is 511 g/mol. The van der Waals surface area contributed by atoms with E-state index in [4.69, 9.17) is 28.4 Å². The molecular formula is C22H29N3O11. The van der Waals surface area contributed by atoms with Gasteiger partial charge in [0.15, 0.2) is 24.5 Å². The Morgan fingerprint density at radius 2 is 1.50 bits per heavy atom. The molecule has 2 fully saturated rings. The molecule has 5 atom stereocenters. The van der Waals surface area contributed by atoms with Gasteiger partial charge in [0, 0.05) is 47.0 Å². The molecule has 0 radical (unpaired) electrons. The van der Waals surface area contributed by atoms with Crippen LogP contribution in [0, 0.1) is 0 Å². The van der Waals surface area contributed by atoms with Crippen molar-refractivity contribution in [1.29, 1.82) is 0 Å². The van der Waals surface area contributed by atoms with Crippen LogP contribution in [-0.2, 0) is 47.6 Å². The smallest absolute Gasteiger partial charge is 0.351 e. The molecule has 0 aromatic carbocycles. The number of aromatic nitrogens is 2. The number of ether oxygens (including phenoxy) is 6. The molecule has 1 aromatic rings. The number of anilines is 1. The third-order valence-corrected chi connectivity index (χ3v) is 5.39. The maximum absolute atomic E-state index is 13.1. The summed E-state index contributed by atoms with van der Waals surface area (Å²) in [6.07, 6.45) is -5.24. The van der Waals surface area contributed by atoms with Gasteiger partial charge in [-0.1, -0.05) is 0 Å². The summed E-state index contributed by atoms with van der Waals surface area (Å²) in [7, 11) is 0. The Kier molecular flexibility index (Phi) is 8.98. The molecule has 0 amide bonds. The van der Waals surface area contributed by atoms with E-state index in [9.17, 15) is 24.0 Å². The van der Waals surface area contributed by atoms with Crippen molar-refractivity contribution in [2.75, 3.05) is 37.8 Å². The van der Waals surface area contributed by atoms with Gasteiger partial charge in [-0.3, -0.25) is 23.7 Å². The molecule has 0 aliphatic carbocycles. The number of carbonyl (C=O) groups excluding carboxylic acids is 4. The number of morpholine rings is 1. The minimum absolute atomic E-state index is 0.400. The molecule has 36 heavy (non-hydrogen) atoms. The van der Waals surface area contributed by atoms with Crippen molar-refractivity contribution < 1.29 is 47.6 Å². The lowest BCUT2D eigenvalue weighted by Gasteiger charge is -2.44. The summed E-state index contributed by atoms with van der Waals surface area (Å²) in [4.78, 5) is 66.3. The number of carbonyl (C=O) groups is 4. The number of hydrogen-bond donors (Lipinski definition) is 0. The summed E-state index contributed by atoms with van der Waals surface area (Å²) in [6, 6.07) is 1.58. The molecule has 0 unspecified atom stereocenters. The minimum Gasteiger partial charge on any atom is -0.463 e. The molecule has 0 saturated carbocycles. The molecule has 2 saturated heterocycles. The van der Waals surface area contributed by atoms with Gasteiger partial charge in [-0.15, -0.1) is 0 Å². The lowest BCUT2D eigenvalue weighted by Crippen LogP contribution is -2.61. The van der Waals surface area contributed by atoms with Crippen LogP contribution in [0.1, 0.15) is 33.9 Å². The van der Waals surface area contributed by atoms with Crippen molar-refractivity contribution in [2.24, 2.45) is 0 Å². The average Bonchev–Trinajstić information content (AvgIpc) is 2.80. The first-order valence-corrected chi connectivity index (χ1v) is 11.3. The van der Waals surface area contributed by atoms with Crippen LogP contribution in [0.25, 0.3) is 0 Å². The standard InChI is InChI=1S/C22H29N3O11/c1-12(26)32-11-16-18(33-13(2)27)19(34-14(3)28)20(35-15(4)29)21(36-16)25-6-5-17(23-22(25)30)24-7-9-31-10-8-24/h5-6,16,18-21H,7-11H2,1-4H3/t16-,18-,19+,20-,21-/m1/s1. The first-order valence-electron chi connectivity index (χ1n) is 11.3. The first-order chi connectivity index (χ1) is 17.1. The third-order valence-electron chi connectivity index (χ3n) is 5.39. The molecule has 0 bridgehead atoms. The van der Waals surface area contributed by atoms with Crippen molar-refractivity contribution in [3.05, 3.63) is 22.7 Å². The summed E-state index contributed by atoms with van der Waals surface area (Å²) in [5.74, 6) is -2.50. The van der Waals surface area contributed by atoms with E-state index in [0.717, 1.165) is 25.3 Å². The summed E-state index contributed by atoms with van der Waals surface area (Å²) >= 11 is 0. The number of nitrogens with zero attached hydrogens (tertiary/aromatic N) is 3. The van der Waals surface area contributed by atoms with E-state index < -0.39 is 66.8 Å². The largest absolute Gasteiger partial charge is 0.463 e. The Labute approximate surface area is 206 Å². The highest BCUT2D eigenvalue weighted by atomic mass is 16.7. The zero-order valence-electron chi connectivity index (χ0n) is 20.4. The van der Waals surface area contributed by atoms with E-state index in [2.05, 4.69) is 4.98 Å². The van der Waals surface area contributed by atoms with Gasteiger partial charge in [0.25, 0.3) is 0 Å². The molecule has 2 aliphatic heterocycles. The molecule has 0 spiro atoms. The van der Waals surface area contributed by atoms with Crippen molar-refractivity contribution in [2.45, 2.75) is 58.3 Å². The fraction of sp³-hybridized carbons (Fsp3) is 0.636. The van der Waals surface area contributed by atoms with Crippen LogP contribution >= 0.6 is 0 Å². The Bertz CT molecular complexity index is 1040.